The fraction of sp³-hybridized carbons (Fsp3) is 0.833. The Morgan fingerprint density at radius 1 is 1.21 bits per heavy atom. The highest BCUT2D eigenvalue weighted by molar-refractivity contribution is 5.88. The lowest BCUT2D eigenvalue weighted by molar-refractivity contribution is -0.134. The van der Waals surface area contributed by atoms with Gasteiger partial charge in [-0.25, -0.2) is 4.79 Å². The summed E-state index contributed by atoms with van der Waals surface area (Å²) in [7, 11) is 0. The van der Waals surface area contributed by atoms with Crippen molar-refractivity contribution in [2.45, 2.75) is 31.0 Å². The maximum absolute atomic E-state index is 12.5. The van der Waals surface area contributed by atoms with Gasteiger partial charge in [-0.05, 0) is 24.7 Å². The van der Waals surface area contributed by atoms with Gasteiger partial charge in [0.05, 0.1) is 0 Å². The summed E-state index contributed by atoms with van der Waals surface area (Å²) in [6.07, 6.45) is 1.75. The fourth-order valence-electron chi connectivity index (χ4n) is 4.29. The first-order chi connectivity index (χ1) is 8.75. The Balaban J connectivity index is 0.00000110. The highest BCUT2D eigenvalue weighted by Gasteiger charge is 2.57. The van der Waals surface area contributed by atoms with Crippen molar-refractivity contribution in [1.29, 1.82) is 0 Å². The van der Waals surface area contributed by atoms with Gasteiger partial charge in [-0.15, -0.1) is 12.4 Å². The number of carbonyl (C=O) groups is 2. The van der Waals surface area contributed by atoms with Gasteiger partial charge in [0.15, 0.2) is 0 Å². The molecular formula is C12H18ClN3O3. The molecule has 2 N–H and O–H groups in total. The summed E-state index contributed by atoms with van der Waals surface area (Å²) in [6, 6.07) is 0.285. The third kappa shape index (κ3) is 1.73. The zero-order valence-electron chi connectivity index (χ0n) is 10.5. The topological polar surface area (TPSA) is 70.7 Å². The van der Waals surface area contributed by atoms with Crippen molar-refractivity contribution in [2.75, 3.05) is 19.7 Å². The van der Waals surface area contributed by atoms with Gasteiger partial charge in [-0.1, -0.05) is 0 Å². The summed E-state index contributed by atoms with van der Waals surface area (Å²) in [5.74, 6) is 1.29. The van der Waals surface area contributed by atoms with E-state index in [4.69, 9.17) is 4.74 Å². The lowest BCUT2D eigenvalue weighted by Gasteiger charge is -2.26. The van der Waals surface area contributed by atoms with Crippen molar-refractivity contribution in [3.63, 3.8) is 0 Å². The second-order valence-corrected chi connectivity index (χ2v) is 5.74. The largest absolute Gasteiger partial charge is 0.447 e. The first-order valence-corrected chi connectivity index (χ1v) is 6.72. The zero-order valence-corrected chi connectivity index (χ0v) is 11.3. The van der Waals surface area contributed by atoms with Crippen LogP contribution in [-0.4, -0.2) is 54.7 Å². The van der Waals surface area contributed by atoms with E-state index in [1.54, 1.807) is 0 Å². The number of cyclic esters (lactones) is 1. The van der Waals surface area contributed by atoms with Crippen LogP contribution in [0.4, 0.5) is 4.79 Å². The summed E-state index contributed by atoms with van der Waals surface area (Å²) < 4.78 is 4.82. The van der Waals surface area contributed by atoms with Crippen molar-refractivity contribution in [3.8, 4) is 0 Å². The number of halogens is 1. The molecule has 0 aliphatic carbocycles. The third-order valence-corrected chi connectivity index (χ3v) is 5.00. The highest BCUT2D eigenvalue weighted by atomic mass is 35.5. The number of nitrogens with one attached hydrogen (secondary N) is 2. The van der Waals surface area contributed by atoms with E-state index in [0.29, 0.717) is 23.9 Å². The van der Waals surface area contributed by atoms with Crippen LogP contribution < -0.4 is 10.6 Å². The molecular weight excluding hydrogens is 270 g/mol. The Bertz CT molecular complexity index is 401. The van der Waals surface area contributed by atoms with Gasteiger partial charge in [0.25, 0.3) is 0 Å². The summed E-state index contributed by atoms with van der Waals surface area (Å²) >= 11 is 0. The van der Waals surface area contributed by atoms with E-state index in [9.17, 15) is 9.59 Å². The van der Waals surface area contributed by atoms with Crippen LogP contribution in [0.5, 0.6) is 0 Å². The van der Waals surface area contributed by atoms with Crippen molar-refractivity contribution in [1.82, 2.24) is 15.5 Å². The highest BCUT2D eigenvalue weighted by Crippen LogP contribution is 2.47. The van der Waals surface area contributed by atoms with Crippen molar-refractivity contribution in [2.24, 2.45) is 11.8 Å². The molecule has 5 atom stereocenters. The van der Waals surface area contributed by atoms with E-state index in [1.165, 1.54) is 0 Å². The van der Waals surface area contributed by atoms with E-state index in [0.717, 1.165) is 25.9 Å². The van der Waals surface area contributed by atoms with E-state index in [2.05, 4.69) is 15.5 Å². The van der Waals surface area contributed by atoms with Crippen LogP contribution in [0.1, 0.15) is 12.8 Å². The van der Waals surface area contributed by atoms with Gasteiger partial charge in [0, 0.05) is 25.2 Å². The van der Waals surface area contributed by atoms with Crippen LogP contribution in [0.25, 0.3) is 0 Å². The van der Waals surface area contributed by atoms with Gasteiger partial charge < -0.3 is 20.3 Å². The Morgan fingerprint density at radius 3 is 2.37 bits per heavy atom. The molecule has 106 valence electrons. The SMILES string of the molecule is Cl.O=C1N[C@H](C(=O)N2[C@@H]3CC[C@H]2[C@H]2CNC[C@H]23)CO1. The number of ether oxygens (including phenoxy) is 1. The van der Waals surface area contributed by atoms with E-state index in [1.807, 2.05) is 0 Å². The van der Waals surface area contributed by atoms with Crippen LogP contribution >= 0.6 is 12.4 Å². The predicted octanol–water partition coefficient (Wildman–Crippen LogP) is -0.275. The van der Waals surface area contributed by atoms with Crippen molar-refractivity contribution < 1.29 is 14.3 Å². The molecule has 0 unspecified atom stereocenters. The second-order valence-electron chi connectivity index (χ2n) is 5.74. The Kier molecular flexibility index (Phi) is 3.09. The van der Waals surface area contributed by atoms with Gasteiger partial charge in [-0.3, -0.25) is 4.79 Å². The van der Waals surface area contributed by atoms with E-state index >= 15 is 0 Å². The molecule has 2 amide bonds. The lowest BCUT2D eigenvalue weighted by Crippen LogP contribution is -2.49. The summed E-state index contributed by atoms with van der Waals surface area (Å²) in [5.41, 5.74) is 0. The van der Waals surface area contributed by atoms with Gasteiger partial charge in [0.2, 0.25) is 5.91 Å². The number of nitrogens with zero attached hydrogens (tertiary/aromatic N) is 1. The molecule has 4 aliphatic rings. The molecule has 0 radical (unpaired) electrons. The molecule has 6 nitrogen and oxygen atoms in total. The molecule has 4 saturated heterocycles. The number of rotatable bonds is 1. The van der Waals surface area contributed by atoms with Gasteiger partial charge >= 0.3 is 6.09 Å². The number of hydrogen-bond donors (Lipinski definition) is 2. The minimum absolute atomic E-state index is 0. The quantitative estimate of drug-likeness (QED) is 0.696. The molecule has 4 heterocycles. The van der Waals surface area contributed by atoms with Crippen molar-refractivity contribution in [3.05, 3.63) is 0 Å². The molecule has 7 heteroatoms. The minimum Gasteiger partial charge on any atom is -0.447 e. The molecule has 0 aromatic rings. The number of alkyl carbamates (subject to hydrolysis) is 1. The number of amides is 2. The van der Waals surface area contributed by atoms with Crippen LogP contribution in [-0.2, 0) is 9.53 Å². The van der Waals surface area contributed by atoms with Gasteiger partial charge in [-0.2, -0.15) is 0 Å². The smallest absolute Gasteiger partial charge is 0.407 e. The van der Waals surface area contributed by atoms with E-state index < -0.39 is 12.1 Å². The zero-order chi connectivity index (χ0) is 12.3. The van der Waals surface area contributed by atoms with Crippen LogP contribution in [0.15, 0.2) is 0 Å². The normalized spacial score (nSPS) is 42.6. The molecule has 2 bridgehead atoms. The number of hydrogen-bond acceptors (Lipinski definition) is 4. The minimum atomic E-state index is -0.471. The average Bonchev–Trinajstić information content (AvgIpc) is 3.09. The molecule has 0 aromatic carbocycles. The monoisotopic (exact) mass is 287 g/mol. The summed E-state index contributed by atoms with van der Waals surface area (Å²) in [5, 5.41) is 6.03. The lowest BCUT2D eigenvalue weighted by atomic mass is 9.82. The summed E-state index contributed by atoms with van der Waals surface area (Å²) in [6.45, 7) is 2.24. The van der Waals surface area contributed by atoms with Gasteiger partial charge in [0.1, 0.15) is 12.6 Å². The second kappa shape index (κ2) is 4.52. The van der Waals surface area contributed by atoms with E-state index in [-0.39, 0.29) is 24.9 Å². The Morgan fingerprint density at radius 2 is 1.84 bits per heavy atom. The fourth-order valence-corrected chi connectivity index (χ4v) is 4.29. The summed E-state index contributed by atoms with van der Waals surface area (Å²) in [4.78, 5) is 25.6. The Hall–Kier alpha value is -1.01. The molecule has 4 aliphatic heterocycles. The molecule has 19 heavy (non-hydrogen) atoms. The standard InChI is InChI=1S/C12H17N3O3.ClH/c16-11(8-5-18-12(17)14-8)15-9-1-2-10(15)7-4-13-3-6(7)9;/h6-10,13H,1-5H2,(H,14,17);1H/t6-,7+,8-,9-,10+;/m0./s1. The first-order valence-electron chi connectivity index (χ1n) is 6.72. The third-order valence-electron chi connectivity index (χ3n) is 5.00. The van der Waals surface area contributed by atoms with Crippen LogP contribution in [0.2, 0.25) is 0 Å². The molecule has 0 aromatic heterocycles. The predicted molar refractivity (Wildman–Crippen MR) is 69.0 cm³/mol. The van der Waals surface area contributed by atoms with Crippen molar-refractivity contribution >= 4 is 24.4 Å². The molecule has 0 saturated carbocycles. The van der Waals surface area contributed by atoms with Crippen LogP contribution in [0, 0.1) is 11.8 Å². The maximum Gasteiger partial charge on any atom is 0.407 e. The first kappa shape index (κ1) is 13.0. The average molecular weight is 288 g/mol. The maximum atomic E-state index is 12.5. The molecule has 0 spiro atoms. The molecule has 4 fully saturated rings. The molecule has 4 rings (SSSR count). The number of carbonyl (C=O) groups excluding carboxylic acids is 2. The Labute approximate surface area is 117 Å². The number of fused-ring (bicyclic) bond motifs is 5. The van der Waals surface area contributed by atoms with Crippen LogP contribution in [0.3, 0.4) is 0 Å².